The Labute approximate surface area is 189 Å². The van der Waals surface area contributed by atoms with Crippen molar-refractivity contribution in [3.63, 3.8) is 0 Å². The highest BCUT2D eigenvalue weighted by molar-refractivity contribution is 8.00. The molecule has 0 aliphatic carbocycles. The molecule has 2 aliphatic heterocycles. The second-order valence-corrected chi connectivity index (χ2v) is 9.71. The van der Waals surface area contributed by atoms with E-state index in [-0.39, 0.29) is 16.8 Å². The maximum Gasteiger partial charge on any atom is 0.321 e. The number of benzene rings is 2. The lowest BCUT2D eigenvalue weighted by Crippen LogP contribution is -2.54. The highest BCUT2D eigenvalue weighted by atomic mass is 32.2. The van der Waals surface area contributed by atoms with E-state index in [1.165, 1.54) is 5.56 Å². The van der Waals surface area contributed by atoms with E-state index in [0.717, 1.165) is 49.2 Å². The number of rotatable bonds is 5. The molecule has 2 saturated heterocycles. The first-order valence-corrected chi connectivity index (χ1v) is 12.2. The summed E-state index contributed by atoms with van der Waals surface area (Å²) in [6.45, 7) is 4.26. The van der Waals surface area contributed by atoms with E-state index in [1.807, 2.05) is 53.1 Å². The predicted octanol–water partition coefficient (Wildman–Crippen LogP) is 4.78. The Bertz CT molecular complexity index is 910. The van der Waals surface area contributed by atoms with Crippen LogP contribution in [0.4, 0.5) is 10.5 Å². The van der Waals surface area contributed by atoms with Crippen LogP contribution in [0.2, 0.25) is 0 Å². The molecule has 4 rings (SSSR count). The summed E-state index contributed by atoms with van der Waals surface area (Å²) in [5, 5.41) is 3.08. The Morgan fingerprint density at radius 3 is 2.45 bits per heavy atom. The number of urea groups is 1. The topological polar surface area (TPSA) is 52.7 Å². The fourth-order valence-electron chi connectivity index (χ4n) is 4.61. The number of nitrogens with one attached hydrogen (secondary N) is 1. The Balaban J connectivity index is 1.34. The molecule has 2 heterocycles. The van der Waals surface area contributed by atoms with Crippen LogP contribution >= 0.6 is 11.8 Å². The van der Waals surface area contributed by atoms with Gasteiger partial charge in [-0.3, -0.25) is 4.79 Å². The highest BCUT2D eigenvalue weighted by Crippen LogP contribution is 2.44. The van der Waals surface area contributed by atoms with Crippen molar-refractivity contribution in [1.29, 1.82) is 0 Å². The van der Waals surface area contributed by atoms with Crippen LogP contribution in [0.25, 0.3) is 0 Å². The minimum absolute atomic E-state index is 0.0410. The summed E-state index contributed by atoms with van der Waals surface area (Å²) in [4.78, 5) is 29.7. The molecular formula is C25H31N3O2S. The van der Waals surface area contributed by atoms with Crippen molar-refractivity contribution in [2.24, 2.45) is 0 Å². The molecule has 0 unspecified atom stereocenters. The van der Waals surface area contributed by atoms with E-state index >= 15 is 0 Å². The molecule has 2 aromatic carbocycles. The van der Waals surface area contributed by atoms with Crippen LogP contribution in [0.15, 0.2) is 54.6 Å². The maximum atomic E-state index is 13.0. The van der Waals surface area contributed by atoms with Crippen molar-refractivity contribution >= 4 is 29.4 Å². The van der Waals surface area contributed by atoms with Crippen molar-refractivity contribution in [2.75, 3.05) is 30.7 Å². The van der Waals surface area contributed by atoms with Gasteiger partial charge in [0.05, 0.1) is 4.87 Å². The number of piperidine rings is 1. The molecule has 3 amide bonds. The average molecular weight is 438 g/mol. The monoisotopic (exact) mass is 437 g/mol. The first-order valence-electron chi connectivity index (χ1n) is 11.2. The summed E-state index contributed by atoms with van der Waals surface area (Å²) in [6, 6.07) is 18.1. The van der Waals surface area contributed by atoms with Crippen LogP contribution in [-0.4, -0.2) is 52.0 Å². The molecule has 0 atom stereocenters. The Hall–Kier alpha value is -2.47. The third kappa shape index (κ3) is 4.90. The number of carbonyl (C=O) groups is 2. The number of amides is 3. The zero-order chi connectivity index (χ0) is 21.7. The first-order chi connectivity index (χ1) is 15.1. The zero-order valence-corrected chi connectivity index (χ0v) is 19.0. The molecule has 164 valence electrons. The minimum Gasteiger partial charge on any atom is -0.327 e. The standard InChI is InChI=1S/C25H31N3O2S/c1-2-21-10-6-7-11-22(21)26-24(30)27-16-14-25(15-17-27)28(18-19-31-25)23(29)13-12-20-8-4-3-5-9-20/h3-11H,2,12-19H2,1H3,(H,26,30). The molecule has 0 radical (unpaired) electrons. The Morgan fingerprint density at radius 2 is 1.71 bits per heavy atom. The van der Waals surface area contributed by atoms with Crippen LogP contribution in [0.3, 0.4) is 0 Å². The highest BCUT2D eigenvalue weighted by Gasteiger charge is 2.46. The summed E-state index contributed by atoms with van der Waals surface area (Å²) in [6.07, 6.45) is 3.87. The van der Waals surface area contributed by atoms with Crippen molar-refractivity contribution < 1.29 is 9.59 Å². The van der Waals surface area contributed by atoms with Crippen LogP contribution in [0.1, 0.15) is 37.3 Å². The quantitative estimate of drug-likeness (QED) is 0.732. The van der Waals surface area contributed by atoms with Gasteiger partial charge in [-0.2, -0.15) is 0 Å². The molecule has 2 aliphatic rings. The lowest BCUT2D eigenvalue weighted by atomic mass is 10.0. The van der Waals surface area contributed by atoms with E-state index < -0.39 is 0 Å². The molecular weight excluding hydrogens is 406 g/mol. The Morgan fingerprint density at radius 1 is 1.00 bits per heavy atom. The van der Waals surface area contributed by atoms with Gasteiger partial charge in [0.2, 0.25) is 5.91 Å². The molecule has 6 heteroatoms. The minimum atomic E-state index is -0.147. The van der Waals surface area contributed by atoms with E-state index in [1.54, 1.807) is 0 Å². The van der Waals surface area contributed by atoms with Crippen molar-refractivity contribution in [3.8, 4) is 0 Å². The number of para-hydroxylation sites is 1. The summed E-state index contributed by atoms with van der Waals surface area (Å²) >= 11 is 1.89. The van der Waals surface area contributed by atoms with Gasteiger partial charge in [0.15, 0.2) is 0 Å². The molecule has 0 bridgehead atoms. The molecule has 1 N–H and O–H groups in total. The van der Waals surface area contributed by atoms with Gasteiger partial charge >= 0.3 is 6.03 Å². The molecule has 2 fully saturated rings. The second-order valence-electron chi connectivity index (χ2n) is 8.25. The smallest absolute Gasteiger partial charge is 0.321 e. The van der Waals surface area contributed by atoms with Gasteiger partial charge in [-0.15, -0.1) is 11.8 Å². The van der Waals surface area contributed by atoms with Gasteiger partial charge in [-0.05, 0) is 42.9 Å². The fraction of sp³-hybridized carbons (Fsp3) is 0.440. The Kier molecular flexibility index (Phi) is 6.86. The van der Waals surface area contributed by atoms with Gasteiger partial charge in [0.25, 0.3) is 0 Å². The number of nitrogens with zero attached hydrogens (tertiary/aromatic N) is 2. The number of hydrogen-bond donors (Lipinski definition) is 1. The van der Waals surface area contributed by atoms with E-state index in [2.05, 4.69) is 35.3 Å². The van der Waals surface area contributed by atoms with E-state index in [4.69, 9.17) is 0 Å². The first kappa shape index (κ1) is 21.8. The summed E-state index contributed by atoms with van der Waals surface area (Å²) < 4.78 is 0. The second kappa shape index (κ2) is 9.77. The molecule has 0 aromatic heterocycles. The van der Waals surface area contributed by atoms with Gasteiger partial charge in [-0.1, -0.05) is 55.5 Å². The summed E-state index contributed by atoms with van der Waals surface area (Å²) in [5.74, 6) is 1.22. The molecule has 1 spiro atoms. The molecule has 5 nitrogen and oxygen atoms in total. The maximum absolute atomic E-state index is 13.0. The van der Waals surface area contributed by atoms with Crippen LogP contribution < -0.4 is 5.32 Å². The molecule has 2 aromatic rings. The predicted molar refractivity (Wildman–Crippen MR) is 127 cm³/mol. The van der Waals surface area contributed by atoms with Crippen LogP contribution in [0.5, 0.6) is 0 Å². The van der Waals surface area contributed by atoms with Crippen molar-refractivity contribution in [3.05, 3.63) is 65.7 Å². The van der Waals surface area contributed by atoms with Crippen molar-refractivity contribution in [2.45, 2.75) is 43.9 Å². The largest absolute Gasteiger partial charge is 0.327 e. The summed E-state index contributed by atoms with van der Waals surface area (Å²) in [7, 11) is 0. The van der Waals surface area contributed by atoms with Gasteiger partial charge in [-0.25, -0.2) is 4.79 Å². The lowest BCUT2D eigenvalue weighted by Gasteiger charge is -2.44. The zero-order valence-electron chi connectivity index (χ0n) is 18.2. The normalized spacial score (nSPS) is 17.7. The number of carbonyl (C=O) groups excluding carboxylic acids is 2. The third-order valence-corrected chi connectivity index (χ3v) is 7.97. The fourth-order valence-corrected chi connectivity index (χ4v) is 6.08. The average Bonchev–Trinajstić information content (AvgIpc) is 3.22. The number of likely N-dealkylation sites (tertiary alicyclic amines) is 1. The third-order valence-electron chi connectivity index (χ3n) is 6.42. The SMILES string of the molecule is CCc1ccccc1NC(=O)N1CCC2(CC1)SCCN2C(=O)CCc1ccccc1. The van der Waals surface area contributed by atoms with Gasteiger partial charge in [0.1, 0.15) is 0 Å². The number of aryl methyl sites for hydroxylation is 2. The number of thioether (sulfide) groups is 1. The molecule has 0 saturated carbocycles. The van der Waals surface area contributed by atoms with Crippen LogP contribution in [0, 0.1) is 0 Å². The van der Waals surface area contributed by atoms with Gasteiger partial charge < -0.3 is 15.1 Å². The van der Waals surface area contributed by atoms with Gasteiger partial charge in [0, 0.05) is 37.5 Å². The van der Waals surface area contributed by atoms with Crippen molar-refractivity contribution in [1.82, 2.24) is 9.80 Å². The number of hydrogen-bond acceptors (Lipinski definition) is 3. The summed E-state index contributed by atoms with van der Waals surface area (Å²) in [5.41, 5.74) is 3.24. The number of anilines is 1. The van der Waals surface area contributed by atoms with E-state index in [0.29, 0.717) is 19.5 Å². The van der Waals surface area contributed by atoms with E-state index in [9.17, 15) is 9.59 Å². The van der Waals surface area contributed by atoms with Crippen LogP contribution in [-0.2, 0) is 17.6 Å². The lowest BCUT2D eigenvalue weighted by molar-refractivity contribution is -0.134. The molecule has 31 heavy (non-hydrogen) atoms.